The summed E-state index contributed by atoms with van der Waals surface area (Å²) in [5.74, 6) is -0.358. The van der Waals surface area contributed by atoms with E-state index in [9.17, 15) is 9.59 Å². The van der Waals surface area contributed by atoms with Crippen molar-refractivity contribution in [1.82, 2.24) is 4.90 Å². The molecule has 0 saturated carbocycles. The number of likely N-dealkylation sites (tertiary alicyclic amines) is 1. The summed E-state index contributed by atoms with van der Waals surface area (Å²) in [7, 11) is 0. The molecular formula is C22H26N2O3. The summed E-state index contributed by atoms with van der Waals surface area (Å²) < 4.78 is 5.13. The van der Waals surface area contributed by atoms with Gasteiger partial charge in [0.15, 0.2) is 0 Å². The number of carbonyl (C=O) groups excluding carboxylic acids is 2. The Kier molecular flexibility index (Phi) is 6.60. The van der Waals surface area contributed by atoms with Crippen LogP contribution < -0.4 is 5.32 Å². The molecule has 5 heteroatoms. The van der Waals surface area contributed by atoms with Crippen molar-refractivity contribution >= 4 is 17.6 Å². The summed E-state index contributed by atoms with van der Waals surface area (Å²) >= 11 is 0. The quantitative estimate of drug-likeness (QED) is 0.794. The highest BCUT2D eigenvalue weighted by Gasteiger charge is 2.27. The second-order valence-corrected chi connectivity index (χ2v) is 6.79. The zero-order valence-corrected chi connectivity index (χ0v) is 15.7. The first kappa shape index (κ1) is 19.1. The number of rotatable bonds is 6. The van der Waals surface area contributed by atoms with Crippen molar-refractivity contribution in [2.24, 2.45) is 5.92 Å². The largest absolute Gasteiger partial charge is 0.466 e. The first-order valence-electron chi connectivity index (χ1n) is 9.50. The van der Waals surface area contributed by atoms with Crippen LogP contribution in [0.5, 0.6) is 0 Å². The molecule has 0 spiro atoms. The molecule has 0 radical (unpaired) electrons. The second kappa shape index (κ2) is 9.33. The standard InChI is InChI=1S/C22H26N2O3/c1-2-27-22(26)18-11-8-14-24(15-18)16-21(25)23-20-13-7-6-12-19(20)17-9-4-3-5-10-17/h3-7,9-10,12-13,18H,2,8,11,14-16H2,1H3,(H,23,25). The number of nitrogens with one attached hydrogen (secondary N) is 1. The highest BCUT2D eigenvalue weighted by Crippen LogP contribution is 2.27. The Bertz CT molecular complexity index is 776. The number of nitrogens with zero attached hydrogens (tertiary/aromatic N) is 1. The molecule has 27 heavy (non-hydrogen) atoms. The van der Waals surface area contributed by atoms with Gasteiger partial charge in [0.25, 0.3) is 0 Å². The van der Waals surface area contributed by atoms with Crippen LogP contribution in [-0.2, 0) is 14.3 Å². The zero-order chi connectivity index (χ0) is 19.1. The Hall–Kier alpha value is -2.66. The van der Waals surface area contributed by atoms with E-state index < -0.39 is 0 Å². The molecule has 0 aliphatic carbocycles. The zero-order valence-electron chi connectivity index (χ0n) is 15.7. The van der Waals surface area contributed by atoms with Gasteiger partial charge in [-0.3, -0.25) is 14.5 Å². The molecule has 1 aliphatic heterocycles. The number of hydrogen-bond donors (Lipinski definition) is 1. The van der Waals surface area contributed by atoms with Gasteiger partial charge in [0.05, 0.1) is 19.1 Å². The number of esters is 1. The lowest BCUT2D eigenvalue weighted by Gasteiger charge is -2.30. The maximum atomic E-state index is 12.6. The van der Waals surface area contributed by atoms with Gasteiger partial charge in [-0.25, -0.2) is 0 Å². The number of piperidine rings is 1. The molecule has 1 amide bonds. The Morgan fingerprint density at radius 2 is 1.85 bits per heavy atom. The Labute approximate surface area is 160 Å². The fourth-order valence-electron chi connectivity index (χ4n) is 3.51. The molecule has 1 saturated heterocycles. The molecule has 0 aromatic heterocycles. The first-order valence-corrected chi connectivity index (χ1v) is 9.50. The monoisotopic (exact) mass is 366 g/mol. The molecule has 1 atom stereocenters. The predicted octanol–water partition coefficient (Wildman–Crippen LogP) is 3.57. The van der Waals surface area contributed by atoms with Gasteiger partial charge in [0.1, 0.15) is 0 Å². The van der Waals surface area contributed by atoms with Crippen LogP contribution in [0, 0.1) is 5.92 Å². The fourth-order valence-corrected chi connectivity index (χ4v) is 3.51. The molecule has 3 rings (SSSR count). The van der Waals surface area contributed by atoms with Crippen molar-refractivity contribution in [3.05, 3.63) is 54.6 Å². The highest BCUT2D eigenvalue weighted by atomic mass is 16.5. The molecular weight excluding hydrogens is 340 g/mol. The van der Waals surface area contributed by atoms with Gasteiger partial charge in [-0.05, 0) is 37.9 Å². The summed E-state index contributed by atoms with van der Waals surface area (Å²) in [6, 6.07) is 17.8. The van der Waals surface area contributed by atoms with E-state index in [0.29, 0.717) is 13.2 Å². The van der Waals surface area contributed by atoms with E-state index >= 15 is 0 Å². The summed E-state index contributed by atoms with van der Waals surface area (Å²) in [6.45, 7) is 3.89. The molecule has 5 nitrogen and oxygen atoms in total. The first-order chi connectivity index (χ1) is 13.2. The van der Waals surface area contributed by atoms with E-state index in [-0.39, 0.29) is 24.3 Å². The lowest BCUT2D eigenvalue weighted by Crippen LogP contribution is -2.43. The smallest absolute Gasteiger partial charge is 0.310 e. The lowest BCUT2D eigenvalue weighted by molar-refractivity contribution is -0.150. The maximum absolute atomic E-state index is 12.6. The van der Waals surface area contributed by atoms with Crippen LogP contribution in [0.1, 0.15) is 19.8 Å². The number of carbonyl (C=O) groups is 2. The van der Waals surface area contributed by atoms with Crippen molar-refractivity contribution in [3.8, 4) is 11.1 Å². The molecule has 142 valence electrons. The number of amides is 1. The number of para-hydroxylation sites is 1. The normalized spacial score (nSPS) is 17.3. The van der Waals surface area contributed by atoms with Crippen LogP contribution in [0.15, 0.2) is 54.6 Å². The van der Waals surface area contributed by atoms with Crippen LogP contribution in [-0.4, -0.2) is 43.0 Å². The molecule has 2 aromatic carbocycles. The molecule has 0 bridgehead atoms. The summed E-state index contributed by atoms with van der Waals surface area (Å²) in [5.41, 5.74) is 2.86. The Morgan fingerprint density at radius 3 is 2.63 bits per heavy atom. The van der Waals surface area contributed by atoms with E-state index in [4.69, 9.17) is 4.74 Å². The predicted molar refractivity (Wildman–Crippen MR) is 106 cm³/mol. The third-order valence-electron chi connectivity index (χ3n) is 4.78. The topological polar surface area (TPSA) is 58.6 Å². The van der Waals surface area contributed by atoms with Gasteiger partial charge in [-0.15, -0.1) is 0 Å². The maximum Gasteiger partial charge on any atom is 0.310 e. The summed E-state index contributed by atoms with van der Waals surface area (Å²) in [6.07, 6.45) is 1.73. The van der Waals surface area contributed by atoms with Crippen molar-refractivity contribution in [2.75, 3.05) is 31.6 Å². The van der Waals surface area contributed by atoms with Crippen LogP contribution in [0.25, 0.3) is 11.1 Å². The number of anilines is 1. The molecule has 1 aliphatic rings. The molecule has 1 heterocycles. The van der Waals surface area contributed by atoms with Gasteiger partial charge in [0, 0.05) is 17.8 Å². The molecule has 2 aromatic rings. The van der Waals surface area contributed by atoms with E-state index in [2.05, 4.69) is 5.32 Å². The summed E-state index contributed by atoms with van der Waals surface area (Å²) in [4.78, 5) is 26.6. The third-order valence-corrected chi connectivity index (χ3v) is 4.78. The van der Waals surface area contributed by atoms with Crippen molar-refractivity contribution < 1.29 is 14.3 Å². The minimum absolute atomic E-state index is 0.0668. The van der Waals surface area contributed by atoms with Crippen molar-refractivity contribution in [3.63, 3.8) is 0 Å². The van der Waals surface area contributed by atoms with Crippen LogP contribution in [0.3, 0.4) is 0 Å². The van der Waals surface area contributed by atoms with Gasteiger partial charge in [-0.1, -0.05) is 48.5 Å². The lowest BCUT2D eigenvalue weighted by atomic mass is 9.98. The number of ether oxygens (including phenoxy) is 1. The molecule has 1 N–H and O–H groups in total. The average Bonchev–Trinajstić information content (AvgIpc) is 2.69. The Morgan fingerprint density at radius 1 is 1.11 bits per heavy atom. The van der Waals surface area contributed by atoms with Gasteiger partial charge >= 0.3 is 5.97 Å². The van der Waals surface area contributed by atoms with Gasteiger partial charge in [0.2, 0.25) is 5.91 Å². The number of hydrogen-bond acceptors (Lipinski definition) is 4. The summed E-state index contributed by atoms with van der Waals surface area (Å²) in [5, 5.41) is 3.03. The second-order valence-electron chi connectivity index (χ2n) is 6.79. The fraction of sp³-hybridized carbons (Fsp3) is 0.364. The van der Waals surface area contributed by atoms with Crippen LogP contribution in [0.2, 0.25) is 0 Å². The van der Waals surface area contributed by atoms with Crippen LogP contribution >= 0.6 is 0 Å². The minimum Gasteiger partial charge on any atom is -0.466 e. The van der Waals surface area contributed by atoms with E-state index in [1.807, 2.05) is 66.4 Å². The van der Waals surface area contributed by atoms with Crippen molar-refractivity contribution in [1.29, 1.82) is 0 Å². The van der Waals surface area contributed by atoms with E-state index in [0.717, 1.165) is 36.2 Å². The van der Waals surface area contributed by atoms with E-state index in [1.54, 1.807) is 0 Å². The number of benzene rings is 2. The molecule has 1 unspecified atom stereocenters. The van der Waals surface area contributed by atoms with Gasteiger partial charge < -0.3 is 10.1 Å². The van der Waals surface area contributed by atoms with Crippen molar-refractivity contribution in [2.45, 2.75) is 19.8 Å². The Balaban J connectivity index is 1.62. The minimum atomic E-state index is -0.156. The van der Waals surface area contributed by atoms with Crippen LogP contribution in [0.4, 0.5) is 5.69 Å². The SMILES string of the molecule is CCOC(=O)C1CCCN(CC(=O)Nc2ccccc2-c2ccccc2)C1. The average molecular weight is 366 g/mol. The highest BCUT2D eigenvalue weighted by molar-refractivity contribution is 5.96. The van der Waals surface area contributed by atoms with Gasteiger partial charge in [-0.2, -0.15) is 0 Å². The third kappa shape index (κ3) is 5.17. The molecule has 1 fully saturated rings. The van der Waals surface area contributed by atoms with E-state index in [1.165, 1.54) is 0 Å².